The molecule has 0 saturated carbocycles. The SMILES string of the molecule is N[C@H]1CCN(c2c(F)cc3c(=O)c(C(=O)O)cn4c3c2Oc2ccc(Cl)cc2-4)C1. The van der Waals surface area contributed by atoms with Gasteiger partial charge in [0, 0.05) is 30.4 Å². The van der Waals surface area contributed by atoms with E-state index >= 15 is 4.39 Å². The lowest BCUT2D eigenvalue weighted by molar-refractivity contribution is 0.0695. The van der Waals surface area contributed by atoms with E-state index in [1.54, 1.807) is 23.1 Å². The zero-order valence-electron chi connectivity index (χ0n) is 15.0. The van der Waals surface area contributed by atoms with Crippen LogP contribution in [0.5, 0.6) is 11.5 Å². The van der Waals surface area contributed by atoms with E-state index in [4.69, 9.17) is 22.1 Å². The van der Waals surface area contributed by atoms with Crippen molar-refractivity contribution >= 4 is 34.2 Å². The first-order valence-electron chi connectivity index (χ1n) is 8.98. The highest BCUT2D eigenvalue weighted by atomic mass is 35.5. The van der Waals surface area contributed by atoms with E-state index in [1.807, 2.05) is 0 Å². The predicted octanol–water partition coefficient (Wildman–Crippen LogP) is 3.12. The van der Waals surface area contributed by atoms with E-state index in [2.05, 4.69) is 0 Å². The third-order valence-electron chi connectivity index (χ3n) is 5.33. The molecule has 7 nitrogen and oxygen atoms in total. The average Bonchev–Trinajstić information content (AvgIpc) is 3.09. The van der Waals surface area contributed by atoms with E-state index in [0.717, 1.165) is 6.07 Å². The standard InChI is InChI=1S/C20H15ClFN3O4/c21-9-1-2-15-14(5-9)25-8-12(20(27)28)18(26)11-6-13(22)17(19(29-15)16(11)25)24-4-3-10(23)7-24/h1-2,5-6,8,10H,3-4,7,23H2,(H,27,28)/t10-/m0/s1. The molecule has 5 rings (SSSR count). The van der Waals surface area contributed by atoms with Crippen molar-refractivity contribution < 1.29 is 19.0 Å². The Bertz CT molecular complexity index is 1270. The van der Waals surface area contributed by atoms with Gasteiger partial charge in [-0.15, -0.1) is 0 Å². The van der Waals surface area contributed by atoms with Crippen LogP contribution in [0.2, 0.25) is 5.02 Å². The smallest absolute Gasteiger partial charge is 0.341 e. The summed E-state index contributed by atoms with van der Waals surface area (Å²) in [5.74, 6) is -1.52. The highest BCUT2D eigenvalue weighted by molar-refractivity contribution is 6.30. The number of nitrogens with two attached hydrogens (primary N) is 1. The number of carboxylic acid groups (broad SMARTS) is 1. The molecule has 2 aliphatic rings. The molecule has 3 N–H and O–H groups in total. The summed E-state index contributed by atoms with van der Waals surface area (Å²) in [6.07, 6.45) is 1.93. The van der Waals surface area contributed by atoms with Crippen molar-refractivity contribution in [3.05, 3.63) is 57.1 Å². The minimum absolute atomic E-state index is 0.0738. The maximum Gasteiger partial charge on any atom is 0.341 e. The van der Waals surface area contributed by atoms with Gasteiger partial charge in [-0.25, -0.2) is 9.18 Å². The van der Waals surface area contributed by atoms with Crippen LogP contribution in [0.1, 0.15) is 16.8 Å². The fourth-order valence-corrected chi connectivity index (χ4v) is 4.18. The van der Waals surface area contributed by atoms with Gasteiger partial charge in [0.05, 0.1) is 11.1 Å². The topological polar surface area (TPSA) is 97.8 Å². The maximum absolute atomic E-state index is 15.2. The molecule has 0 aliphatic carbocycles. The van der Waals surface area contributed by atoms with Crippen molar-refractivity contribution in [2.24, 2.45) is 5.73 Å². The number of hydrogen-bond acceptors (Lipinski definition) is 5. The zero-order chi connectivity index (χ0) is 20.4. The number of ether oxygens (including phenoxy) is 1. The third kappa shape index (κ3) is 2.60. The lowest BCUT2D eigenvalue weighted by Crippen LogP contribution is -2.28. The molecule has 9 heteroatoms. The second-order valence-corrected chi connectivity index (χ2v) is 7.62. The van der Waals surface area contributed by atoms with Crippen molar-refractivity contribution in [2.75, 3.05) is 18.0 Å². The molecule has 1 saturated heterocycles. The first-order valence-corrected chi connectivity index (χ1v) is 9.36. The molecule has 0 amide bonds. The fraction of sp³-hybridized carbons (Fsp3) is 0.200. The van der Waals surface area contributed by atoms with E-state index < -0.39 is 22.8 Å². The van der Waals surface area contributed by atoms with E-state index in [0.29, 0.717) is 41.5 Å². The minimum Gasteiger partial charge on any atom is -0.477 e. The molecule has 0 radical (unpaired) electrons. The molecule has 2 aromatic carbocycles. The van der Waals surface area contributed by atoms with Crippen LogP contribution in [0.15, 0.2) is 35.3 Å². The van der Waals surface area contributed by atoms with Crippen LogP contribution in [0, 0.1) is 5.82 Å². The van der Waals surface area contributed by atoms with Crippen molar-refractivity contribution in [1.29, 1.82) is 0 Å². The molecule has 148 valence electrons. The predicted molar refractivity (Wildman–Crippen MR) is 106 cm³/mol. The highest BCUT2D eigenvalue weighted by Crippen LogP contribution is 2.47. The number of benzene rings is 2. The molecule has 0 unspecified atom stereocenters. The van der Waals surface area contributed by atoms with Gasteiger partial charge in [-0.3, -0.25) is 4.79 Å². The van der Waals surface area contributed by atoms with Crippen LogP contribution >= 0.6 is 11.6 Å². The molecule has 1 fully saturated rings. The summed E-state index contributed by atoms with van der Waals surface area (Å²) in [5.41, 5.74) is 5.72. The van der Waals surface area contributed by atoms with Crippen molar-refractivity contribution in [1.82, 2.24) is 4.57 Å². The Morgan fingerprint density at radius 1 is 1.34 bits per heavy atom. The summed E-state index contributed by atoms with van der Waals surface area (Å²) in [7, 11) is 0. The lowest BCUT2D eigenvalue weighted by Gasteiger charge is -2.29. The van der Waals surface area contributed by atoms with Gasteiger partial charge in [-0.2, -0.15) is 0 Å². The number of anilines is 1. The first-order chi connectivity index (χ1) is 13.8. The molecule has 29 heavy (non-hydrogen) atoms. The van der Waals surface area contributed by atoms with Crippen molar-refractivity contribution in [3.63, 3.8) is 0 Å². The van der Waals surface area contributed by atoms with Crippen LogP contribution in [-0.2, 0) is 0 Å². The van der Waals surface area contributed by atoms with Crippen LogP contribution in [0.4, 0.5) is 10.1 Å². The van der Waals surface area contributed by atoms with Crippen LogP contribution in [0.3, 0.4) is 0 Å². The summed E-state index contributed by atoms with van der Waals surface area (Å²) in [4.78, 5) is 26.2. The molecule has 3 aromatic rings. The molecular formula is C20H15ClFN3O4. The Morgan fingerprint density at radius 2 is 2.14 bits per heavy atom. The van der Waals surface area contributed by atoms with Crippen LogP contribution in [-0.4, -0.2) is 34.8 Å². The number of carboxylic acids is 1. The van der Waals surface area contributed by atoms with Gasteiger partial charge in [-0.05, 0) is 30.7 Å². The van der Waals surface area contributed by atoms with Gasteiger partial charge in [-0.1, -0.05) is 11.6 Å². The largest absolute Gasteiger partial charge is 0.477 e. The monoisotopic (exact) mass is 415 g/mol. The second-order valence-electron chi connectivity index (χ2n) is 7.19. The molecule has 1 aromatic heterocycles. The van der Waals surface area contributed by atoms with Gasteiger partial charge in [0.15, 0.2) is 17.3 Å². The summed E-state index contributed by atoms with van der Waals surface area (Å²) in [6, 6.07) is 5.82. The molecule has 1 atom stereocenters. The quantitative estimate of drug-likeness (QED) is 0.522. The van der Waals surface area contributed by atoms with Crippen LogP contribution < -0.4 is 20.8 Å². The van der Waals surface area contributed by atoms with Crippen LogP contribution in [0.25, 0.3) is 16.6 Å². The molecular weight excluding hydrogens is 401 g/mol. The molecule has 3 heterocycles. The summed E-state index contributed by atoms with van der Waals surface area (Å²) >= 11 is 6.12. The maximum atomic E-state index is 15.2. The lowest BCUT2D eigenvalue weighted by atomic mass is 10.1. The van der Waals surface area contributed by atoms with Gasteiger partial charge in [0.1, 0.15) is 16.8 Å². The number of pyridine rings is 1. The van der Waals surface area contributed by atoms with Gasteiger partial charge >= 0.3 is 5.97 Å². The Morgan fingerprint density at radius 3 is 2.83 bits per heavy atom. The Kier molecular flexibility index (Phi) is 3.84. The van der Waals surface area contributed by atoms with Gasteiger partial charge in [0.2, 0.25) is 5.43 Å². The number of aromatic nitrogens is 1. The summed E-state index contributed by atoms with van der Waals surface area (Å²) in [5, 5.41) is 9.81. The number of halogens is 2. The second kappa shape index (κ2) is 6.20. The number of rotatable bonds is 2. The van der Waals surface area contributed by atoms with Gasteiger partial charge in [0.25, 0.3) is 0 Å². The molecule has 0 bridgehead atoms. The Balaban J connectivity index is 1.92. The minimum atomic E-state index is -1.40. The highest BCUT2D eigenvalue weighted by Gasteiger charge is 2.32. The fourth-order valence-electron chi connectivity index (χ4n) is 4.02. The Hall–Kier alpha value is -3.10. The number of aromatic carboxylic acids is 1. The van der Waals surface area contributed by atoms with E-state index in [9.17, 15) is 14.7 Å². The number of nitrogens with zero attached hydrogens (tertiary/aromatic N) is 2. The summed E-state index contributed by atoms with van der Waals surface area (Å²) in [6.45, 7) is 0.995. The van der Waals surface area contributed by atoms with Gasteiger partial charge < -0.3 is 25.0 Å². The first kappa shape index (κ1) is 18.0. The number of hydrogen-bond donors (Lipinski definition) is 2. The van der Waals surface area contributed by atoms with Crippen molar-refractivity contribution in [2.45, 2.75) is 12.5 Å². The average molecular weight is 416 g/mol. The third-order valence-corrected chi connectivity index (χ3v) is 5.57. The normalized spacial score (nSPS) is 17.3. The Labute approximate surface area is 168 Å². The zero-order valence-corrected chi connectivity index (χ0v) is 15.7. The summed E-state index contributed by atoms with van der Waals surface area (Å²) < 4.78 is 22.7. The van der Waals surface area contributed by atoms with E-state index in [-0.39, 0.29) is 22.9 Å². The molecule has 0 spiro atoms. The van der Waals surface area contributed by atoms with E-state index in [1.165, 1.54) is 10.8 Å². The number of fused-ring (bicyclic) bond motifs is 2. The number of carbonyl (C=O) groups is 1. The molecule has 2 aliphatic heterocycles. The van der Waals surface area contributed by atoms with Crippen molar-refractivity contribution in [3.8, 4) is 17.2 Å².